The number of nitrogens with zero attached hydrogens (tertiary/aromatic N) is 3. The van der Waals surface area contributed by atoms with Crippen molar-refractivity contribution in [3.63, 3.8) is 0 Å². The van der Waals surface area contributed by atoms with E-state index < -0.39 is 17.0 Å². The molecule has 2 unspecified atom stereocenters. The highest BCUT2D eigenvalue weighted by Gasteiger charge is 2.42. The van der Waals surface area contributed by atoms with E-state index in [0.29, 0.717) is 48.0 Å². The maximum atomic E-state index is 16.1. The zero-order valence-electron chi connectivity index (χ0n) is 26.2. The lowest BCUT2D eigenvalue weighted by atomic mass is 9.92. The number of hydrogen-bond donors (Lipinski definition) is 0. The number of pyridine rings is 1. The molecule has 45 heavy (non-hydrogen) atoms. The van der Waals surface area contributed by atoms with Crippen LogP contribution in [0.1, 0.15) is 54.6 Å². The molecule has 0 bridgehead atoms. The zero-order chi connectivity index (χ0) is 32.0. The van der Waals surface area contributed by atoms with E-state index >= 15 is 4.39 Å². The van der Waals surface area contributed by atoms with Crippen molar-refractivity contribution in [2.24, 2.45) is 5.92 Å². The summed E-state index contributed by atoms with van der Waals surface area (Å²) in [7, 11) is 5.98. The summed E-state index contributed by atoms with van der Waals surface area (Å²) in [6.07, 6.45) is 8.07. The molecular formula is C34H38FN3O7. The predicted molar refractivity (Wildman–Crippen MR) is 169 cm³/mol. The van der Waals surface area contributed by atoms with Gasteiger partial charge in [-0.2, -0.15) is 0 Å². The molecule has 2 atom stereocenters. The van der Waals surface area contributed by atoms with E-state index in [1.807, 2.05) is 14.4 Å². The van der Waals surface area contributed by atoms with Crippen LogP contribution in [0.25, 0.3) is 17.0 Å². The number of piperidine rings is 1. The zero-order valence-corrected chi connectivity index (χ0v) is 26.2. The molecule has 3 aliphatic rings. The second kappa shape index (κ2) is 12.1. The van der Waals surface area contributed by atoms with Gasteiger partial charge < -0.3 is 33.3 Å². The largest absolute Gasteiger partial charge is 0.493 e. The topological polar surface area (TPSA) is 99.5 Å². The smallest absolute Gasteiger partial charge is 0.219 e. The molecule has 3 aromatic rings. The third kappa shape index (κ3) is 5.38. The van der Waals surface area contributed by atoms with Gasteiger partial charge in [-0.25, -0.2) is 4.39 Å². The van der Waals surface area contributed by atoms with Gasteiger partial charge in [-0.15, -0.1) is 0 Å². The fourth-order valence-corrected chi connectivity index (χ4v) is 6.96. The minimum Gasteiger partial charge on any atom is -0.493 e. The fraction of sp³-hybridized carbons (Fsp3) is 0.441. The van der Waals surface area contributed by atoms with E-state index in [1.165, 1.54) is 40.6 Å². The summed E-state index contributed by atoms with van der Waals surface area (Å²) in [6.45, 7) is 3.35. The van der Waals surface area contributed by atoms with Crippen LogP contribution in [0, 0.1) is 11.7 Å². The number of carbonyl (C=O) groups is 2. The molecule has 1 aromatic heterocycles. The van der Waals surface area contributed by atoms with Crippen molar-refractivity contribution in [1.82, 2.24) is 9.47 Å². The van der Waals surface area contributed by atoms with Crippen LogP contribution >= 0.6 is 0 Å². The van der Waals surface area contributed by atoms with Crippen LogP contribution in [0.3, 0.4) is 0 Å². The average molecular weight is 620 g/mol. The van der Waals surface area contributed by atoms with Crippen molar-refractivity contribution < 1.29 is 32.9 Å². The van der Waals surface area contributed by atoms with Gasteiger partial charge in [0.25, 0.3) is 0 Å². The first-order valence-electron chi connectivity index (χ1n) is 15.2. The number of halogens is 1. The SMILES string of the molecule is COc1cc(C=CC(=O)c2cn(C3CC3)c3c(OC)c(N4CC5CCCN(C(C)=O)C5C4)c(F)cc3c2=O)cc(OC)c1OC. The summed E-state index contributed by atoms with van der Waals surface area (Å²) in [5.74, 6) is 0.692. The molecule has 1 aliphatic carbocycles. The fourth-order valence-electron chi connectivity index (χ4n) is 6.96. The number of fused-ring (bicyclic) bond motifs is 2. The number of benzene rings is 2. The number of rotatable bonds is 9. The number of anilines is 1. The number of methoxy groups -OCH3 is 4. The average Bonchev–Trinajstić information content (AvgIpc) is 3.80. The number of ether oxygens (including phenoxy) is 4. The molecular weight excluding hydrogens is 581 g/mol. The molecule has 10 nitrogen and oxygen atoms in total. The lowest BCUT2D eigenvalue weighted by molar-refractivity contribution is -0.132. The van der Waals surface area contributed by atoms with Crippen molar-refractivity contribution in [3.8, 4) is 23.0 Å². The van der Waals surface area contributed by atoms with E-state index in [0.717, 1.165) is 25.7 Å². The molecule has 0 N–H and O–H groups in total. The van der Waals surface area contributed by atoms with Gasteiger partial charge >= 0.3 is 0 Å². The Labute approximate surface area is 260 Å². The first-order valence-corrected chi connectivity index (χ1v) is 15.2. The van der Waals surface area contributed by atoms with Gasteiger partial charge in [0.2, 0.25) is 17.1 Å². The monoisotopic (exact) mass is 619 g/mol. The van der Waals surface area contributed by atoms with Crippen molar-refractivity contribution in [2.45, 2.75) is 44.7 Å². The van der Waals surface area contributed by atoms with Gasteiger partial charge in [0, 0.05) is 38.8 Å². The van der Waals surface area contributed by atoms with E-state index in [1.54, 1.807) is 31.3 Å². The van der Waals surface area contributed by atoms with Crippen LogP contribution in [0.4, 0.5) is 10.1 Å². The quantitative estimate of drug-likeness (QED) is 0.248. The summed E-state index contributed by atoms with van der Waals surface area (Å²) in [5, 5.41) is 0.0917. The summed E-state index contributed by atoms with van der Waals surface area (Å²) < 4.78 is 40.0. The van der Waals surface area contributed by atoms with Gasteiger partial charge in [-0.05, 0) is 61.4 Å². The Balaban J connectivity index is 1.41. The third-order valence-electron chi connectivity index (χ3n) is 9.22. The Bertz CT molecular complexity index is 1740. The molecule has 2 saturated heterocycles. The molecule has 0 radical (unpaired) electrons. The number of hydrogen-bond acceptors (Lipinski definition) is 8. The third-order valence-corrected chi connectivity index (χ3v) is 9.22. The van der Waals surface area contributed by atoms with Crippen LogP contribution < -0.4 is 29.3 Å². The number of likely N-dealkylation sites (tertiary alicyclic amines) is 1. The Morgan fingerprint density at radius 1 is 0.933 bits per heavy atom. The molecule has 3 heterocycles. The van der Waals surface area contributed by atoms with E-state index in [9.17, 15) is 14.4 Å². The summed E-state index contributed by atoms with van der Waals surface area (Å²) >= 11 is 0. The molecule has 1 saturated carbocycles. The highest BCUT2D eigenvalue weighted by atomic mass is 19.1. The van der Waals surface area contributed by atoms with Crippen LogP contribution in [-0.2, 0) is 4.79 Å². The van der Waals surface area contributed by atoms with Crippen LogP contribution in [0.5, 0.6) is 23.0 Å². The van der Waals surface area contributed by atoms with Crippen LogP contribution in [0.2, 0.25) is 0 Å². The molecule has 11 heteroatoms. The maximum Gasteiger partial charge on any atom is 0.219 e. The molecule has 6 rings (SSSR count). The van der Waals surface area contributed by atoms with Crippen molar-refractivity contribution >= 4 is 34.4 Å². The first kappa shape index (κ1) is 30.5. The second-order valence-corrected chi connectivity index (χ2v) is 11.9. The van der Waals surface area contributed by atoms with Gasteiger partial charge in [0.15, 0.2) is 28.8 Å². The van der Waals surface area contributed by atoms with Crippen molar-refractivity contribution in [3.05, 3.63) is 57.6 Å². The van der Waals surface area contributed by atoms with Crippen molar-refractivity contribution in [2.75, 3.05) is 53.0 Å². The summed E-state index contributed by atoms with van der Waals surface area (Å²) in [5.41, 5.74) is 0.746. The van der Waals surface area contributed by atoms with Crippen LogP contribution in [-0.4, -0.2) is 75.3 Å². The van der Waals surface area contributed by atoms with Gasteiger partial charge in [-0.3, -0.25) is 14.4 Å². The van der Waals surface area contributed by atoms with Crippen LogP contribution in [0.15, 0.2) is 35.3 Å². The molecule has 2 aromatic carbocycles. The molecule has 3 fully saturated rings. The Kier molecular flexibility index (Phi) is 8.20. The van der Waals surface area contributed by atoms with Gasteiger partial charge in [0.1, 0.15) is 5.69 Å². The van der Waals surface area contributed by atoms with E-state index in [2.05, 4.69) is 0 Å². The number of carbonyl (C=O) groups excluding carboxylic acids is 2. The molecule has 0 spiro atoms. The number of ketones is 1. The minimum atomic E-state index is -0.593. The highest BCUT2D eigenvalue weighted by Crippen LogP contribution is 2.46. The normalized spacial score (nSPS) is 19.6. The molecule has 1 amide bonds. The van der Waals surface area contributed by atoms with Crippen molar-refractivity contribution in [1.29, 1.82) is 0 Å². The van der Waals surface area contributed by atoms with E-state index in [4.69, 9.17) is 18.9 Å². The molecule has 238 valence electrons. The summed E-state index contributed by atoms with van der Waals surface area (Å²) in [4.78, 5) is 43.5. The van der Waals surface area contributed by atoms with Gasteiger partial charge in [0.05, 0.1) is 50.9 Å². The second-order valence-electron chi connectivity index (χ2n) is 11.9. The first-order chi connectivity index (χ1) is 21.7. The lowest BCUT2D eigenvalue weighted by Gasteiger charge is -2.36. The summed E-state index contributed by atoms with van der Waals surface area (Å²) in [6, 6.07) is 4.68. The Morgan fingerprint density at radius 2 is 1.62 bits per heavy atom. The highest BCUT2D eigenvalue weighted by molar-refractivity contribution is 6.08. The van der Waals surface area contributed by atoms with Gasteiger partial charge in [-0.1, -0.05) is 6.08 Å². The number of amides is 1. The minimum absolute atomic E-state index is 0.000833. The number of aromatic nitrogens is 1. The molecule has 2 aliphatic heterocycles. The number of allylic oxidation sites excluding steroid dienone is 1. The Morgan fingerprint density at radius 3 is 2.22 bits per heavy atom. The maximum absolute atomic E-state index is 16.1. The van der Waals surface area contributed by atoms with E-state index in [-0.39, 0.29) is 46.3 Å². The standard InChI is InChI=1S/C34H38FN3O7/c1-19(39)37-12-6-7-21-16-36(18-26(21)37)31-25(35)15-23-30(34(31)45-5)38(22-9-10-22)17-24(32(23)41)27(40)11-8-20-13-28(42-2)33(44-4)29(14-20)43-3/h8,11,13-15,17,21-22,26H,6-7,9-10,12,16,18H2,1-5H3. The predicted octanol–water partition coefficient (Wildman–Crippen LogP) is 4.85. The lowest BCUT2D eigenvalue weighted by Crippen LogP contribution is -2.47. The Hall–Kier alpha value is -4.54.